The second-order valence-electron chi connectivity index (χ2n) is 3.28. The molecule has 1 saturated carbocycles. The summed E-state index contributed by atoms with van der Waals surface area (Å²) in [7, 11) is -3.99. The first-order valence-electron chi connectivity index (χ1n) is 4.33. The van der Waals surface area contributed by atoms with Crippen molar-refractivity contribution in [1.82, 2.24) is 4.72 Å². The molecule has 4 nitrogen and oxygen atoms in total. The van der Waals surface area contributed by atoms with Crippen LogP contribution in [0.1, 0.15) is 38.5 Å². The second-order valence-corrected chi connectivity index (χ2v) is 4.47. The summed E-state index contributed by atoms with van der Waals surface area (Å²) < 4.78 is 31.7. The highest BCUT2D eigenvalue weighted by Crippen LogP contribution is 2.17. The zero-order chi connectivity index (χ0) is 9.03. The fourth-order valence-electron chi connectivity index (χ4n) is 1.61. The highest BCUT2D eigenvalue weighted by Gasteiger charge is 2.16. The molecule has 1 aliphatic carbocycles. The van der Waals surface area contributed by atoms with Gasteiger partial charge in [0.25, 0.3) is 0 Å². The van der Waals surface area contributed by atoms with Crippen molar-refractivity contribution in [3.63, 3.8) is 0 Å². The zero-order valence-corrected chi connectivity index (χ0v) is 7.81. The van der Waals surface area contributed by atoms with Crippen molar-refractivity contribution in [2.24, 2.45) is 0 Å². The highest BCUT2D eigenvalue weighted by molar-refractivity contribution is 7.83. The van der Waals surface area contributed by atoms with E-state index in [4.69, 9.17) is 4.55 Å². The van der Waals surface area contributed by atoms with E-state index in [9.17, 15) is 8.42 Å². The van der Waals surface area contributed by atoms with Gasteiger partial charge in [0.15, 0.2) is 0 Å². The second kappa shape index (κ2) is 4.20. The summed E-state index contributed by atoms with van der Waals surface area (Å²) in [6.45, 7) is 0. The monoisotopic (exact) mass is 193 g/mol. The van der Waals surface area contributed by atoms with E-state index in [2.05, 4.69) is 4.72 Å². The quantitative estimate of drug-likeness (QED) is 0.510. The molecular formula is C7H15NO3S. The van der Waals surface area contributed by atoms with E-state index in [1.807, 2.05) is 0 Å². The van der Waals surface area contributed by atoms with Gasteiger partial charge in [-0.15, -0.1) is 0 Å². The predicted molar refractivity (Wildman–Crippen MR) is 46.2 cm³/mol. The molecule has 2 N–H and O–H groups in total. The number of nitrogens with one attached hydrogen (secondary N) is 1. The van der Waals surface area contributed by atoms with Crippen molar-refractivity contribution in [2.45, 2.75) is 44.6 Å². The lowest BCUT2D eigenvalue weighted by Gasteiger charge is -2.12. The van der Waals surface area contributed by atoms with Crippen molar-refractivity contribution >= 4 is 10.3 Å². The van der Waals surface area contributed by atoms with Crippen LogP contribution in [-0.4, -0.2) is 19.0 Å². The van der Waals surface area contributed by atoms with Gasteiger partial charge in [-0.25, -0.2) is 0 Å². The van der Waals surface area contributed by atoms with Gasteiger partial charge in [0, 0.05) is 6.04 Å². The highest BCUT2D eigenvalue weighted by atomic mass is 32.2. The van der Waals surface area contributed by atoms with Crippen LogP contribution in [0.4, 0.5) is 0 Å². The molecule has 0 saturated heterocycles. The van der Waals surface area contributed by atoms with Crippen molar-refractivity contribution < 1.29 is 13.0 Å². The third kappa shape index (κ3) is 4.04. The summed E-state index contributed by atoms with van der Waals surface area (Å²) in [6, 6.07) is -0.0532. The molecule has 5 heteroatoms. The van der Waals surface area contributed by atoms with Gasteiger partial charge >= 0.3 is 10.3 Å². The number of hydrogen-bond acceptors (Lipinski definition) is 2. The summed E-state index contributed by atoms with van der Waals surface area (Å²) in [6.07, 6.45) is 6.13. The minimum absolute atomic E-state index is 0.0532. The predicted octanol–water partition coefficient (Wildman–Crippen LogP) is 1.10. The number of rotatable bonds is 2. The molecular weight excluding hydrogens is 178 g/mol. The molecule has 0 aliphatic heterocycles. The van der Waals surface area contributed by atoms with Crippen molar-refractivity contribution in [1.29, 1.82) is 0 Å². The summed E-state index contributed by atoms with van der Waals surface area (Å²) in [5.74, 6) is 0. The van der Waals surface area contributed by atoms with E-state index in [-0.39, 0.29) is 6.04 Å². The molecule has 1 rings (SSSR count). The Morgan fingerprint density at radius 2 is 1.58 bits per heavy atom. The zero-order valence-electron chi connectivity index (χ0n) is 6.99. The Hall–Kier alpha value is -0.130. The lowest BCUT2D eigenvalue weighted by atomic mass is 10.1. The Balaban J connectivity index is 2.40. The maximum absolute atomic E-state index is 10.5. The molecule has 0 spiro atoms. The Morgan fingerprint density at radius 3 is 2.00 bits per heavy atom. The van der Waals surface area contributed by atoms with E-state index in [1.165, 1.54) is 12.8 Å². The van der Waals surface area contributed by atoms with Crippen LogP contribution in [0.2, 0.25) is 0 Å². The Morgan fingerprint density at radius 1 is 1.08 bits per heavy atom. The summed E-state index contributed by atoms with van der Waals surface area (Å²) in [4.78, 5) is 0. The molecule has 0 heterocycles. The van der Waals surface area contributed by atoms with Gasteiger partial charge in [0.05, 0.1) is 0 Å². The summed E-state index contributed by atoms with van der Waals surface area (Å²) in [5.41, 5.74) is 0. The third-order valence-corrected chi connectivity index (χ3v) is 2.80. The van der Waals surface area contributed by atoms with Crippen LogP contribution in [0.3, 0.4) is 0 Å². The molecule has 12 heavy (non-hydrogen) atoms. The van der Waals surface area contributed by atoms with Gasteiger partial charge in [-0.2, -0.15) is 13.1 Å². The molecule has 1 fully saturated rings. The minimum Gasteiger partial charge on any atom is -0.273 e. The topological polar surface area (TPSA) is 66.4 Å². The fourth-order valence-corrected chi connectivity index (χ4v) is 2.26. The van der Waals surface area contributed by atoms with Crippen molar-refractivity contribution in [2.75, 3.05) is 0 Å². The first kappa shape index (κ1) is 9.95. The van der Waals surface area contributed by atoms with Gasteiger partial charge in [-0.1, -0.05) is 25.7 Å². The molecule has 0 unspecified atom stereocenters. The maximum atomic E-state index is 10.5. The van der Waals surface area contributed by atoms with Crippen molar-refractivity contribution in [3.8, 4) is 0 Å². The molecule has 0 aromatic rings. The smallest absolute Gasteiger partial charge is 0.273 e. The van der Waals surface area contributed by atoms with Crippen LogP contribution < -0.4 is 4.72 Å². The van der Waals surface area contributed by atoms with Crippen LogP contribution in [0.15, 0.2) is 0 Å². The van der Waals surface area contributed by atoms with Gasteiger partial charge in [-0.05, 0) is 12.8 Å². The Kier molecular flexibility index (Phi) is 3.49. The molecule has 0 amide bonds. The van der Waals surface area contributed by atoms with E-state index in [0.717, 1.165) is 25.7 Å². The SMILES string of the molecule is O=S(=O)(O)NC1CCCCCC1. The van der Waals surface area contributed by atoms with E-state index >= 15 is 0 Å². The molecule has 0 atom stereocenters. The van der Waals surface area contributed by atoms with Gasteiger partial charge < -0.3 is 0 Å². The average molecular weight is 193 g/mol. The molecule has 72 valence electrons. The van der Waals surface area contributed by atoms with Crippen LogP contribution in [0.5, 0.6) is 0 Å². The Bertz CT molecular complexity index is 217. The summed E-state index contributed by atoms with van der Waals surface area (Å²) >= 11 is 0. The Labute approximate surface area is 73.2 Å². The van der Waals surface area contributed by atoms with Gasteiger partial charge in [0.1, 0.15) is 0 Å². The van der Waals surface area contributed by atoms with E-state index in [0.29, 0.717) is 0 Å². The first-order valence-corrected chi connectivity index (χ1v) is 5.77. The third-order valence-electron chi connectivity index (χ3n) is 2.17. The molecule has 0 bridgehead atoms. The summed E-state index contributed by atoms with van der Waals surface area (Å²) in [5, 5.41) is 0. The van der Waals surface area contributed by atoms with Gasteiger partial charge in [0.2, 0.25) is 0 Å². The molecule has 1 aliphatic rings. The first-order chi connectivity index (χ1) is 5.58. The molecule has 0 aromatic heterocycles. The normalized spacial score (nSPS) is 22.1. The average Bonchev–Trinajstić information content (AvgIpc) is 2.12. The maximum Gasteiger partial charge on any atom is 0.333 e. The van der Waals surface area contributed by atoms with Crippen LogP contribution in [0, 0.1) is 0 Å². The number of hydrogen-bond donors (Lipinski definition) is 2. The lowest BCUT2D eigenvalue weighted by Crippen LogP contribution is -2.33. The van der Waals surface area contributed by atoms with Crippen LogP contribution in [0.25, 0.3) is 0 Å². The van der Waals surface area contributed by atoms with Gasteiger partial charge in [-0.3, -0.25) is 4.55 Å². The lowest BCUT2D eigenvalue weighted by molar-refractivity contribution is 0.437. The standard InChI is InChI=1S/C7H15NO3S/c9-12(10,11)8-7-5-3-1-2-4-6-7/h7-8H,1-6H2,(H,9,10,11). The molecule has 0 radical (unpaired) electrons. The van der Waals surface area contributed by atoms with Crippen LogP contribution >= 0.6 is 0 Å². The van der Waals surface area contributed by atoms with E-state index in [1.54, 1.807) is 0 Å². The largest absolute Gasteiger partial charge is 0.333 e. The van der Waals surface area contributed by atoms with E-state index < -0.39 is 10.3 Å². The van der Waals surface area contributed by atoms with Crippen LogP contribution in [-0.2, 0) is 10.3 Å². The minimum atomic E-state index is -3.99. The molecule has 0 aromatic carbocycles. The fraction of sp³-hybridized carbons (Fsp3) is 1.00. The van der Waals surface area contributed by atoms with Crippen molar-refractivity contribution in [3.05, 3.63) is 0 Å².